The van der Waals surface area contributed by atoms with E-state index in [0.717, 1.165) is 33.5 Å². The van der Waals surface area contributed by atoms with E-state index in [1.165, 1.54) is 6.21 Å². The summed E-state index contributed by atoms with van der Waals surface area (Å²) in [6, 6.07) is 20.8. The smallest absolute Gasteiger partial charge is 0.266 e. The molecular weight excluding hydrogens is 508 g/mol. The maximum absolute atomic E-state index is 13.3. The van der Waals surface area contributed by atoms with Gasteiger partial charge in [-0.25, -0.2) is 0 Å². The van der Waals surface area contributed by atoms with Crippen LogP contribution in [0.25, 0.3) is 16.8 Å². The van der Waals surface area contributed by atoms with E-state index in [9.17, 15) is 15.2 Å². The Morgan fingerprint density at radius 1 is 1.23 bits per heavy atom. The molecule has 0 unspecified atom stereocenters. The first-order valence-corrected chi connectivity index (χ1v) is 13.0. The molecule has 0 atom stereocenters. The average Bonchev–Trinajstić information content (AvgIpc) is 2.96. The Bertz CT molecular complexity index is 1650. The third-order valence-electron chi connectivity index (χ3n) is 6.08. The Balaban J connectivity index is 1.83. The van der Waals surface area contributed by atoms with Crippen LogP contribution in [-0.2, 0) is 0 Å². The van der Waals surface area contributed by atoms with Crippen molar-refractivity contribution in [2.75, 3.05) is 18.5 Å². The number of anilines is 2. The van der Waals surface area contributed by atoms with Crippen LogP contribution in [0.5, 0.6) is 5.75 Å². The van der Waals surface area contributed by atoms with Gasteiger partial charge in [-0.1, -0.05) is 36.0 Å². The molecule has 0 saturated carbocycles. The number of benzene rings is 2. The summed E-state index contributed by atoms with van der Waals surface area (Å²) in [4.78, 5) is 27.1. The van der Waals surface area contributed by atoms with Gasteiger partial charge in [-0.3, -0.25) is 14.8 Å². The van der Waals surface area contributed by atoms with E-state index >= 15 is 0 Å². The molecule has 4 rings (SSSR count). The van der Waals surface area contributed by atoms with Crippen molar-refractivity contribution in [3.05, 3.63) is 100 Å². The van der Waals surface area contributed by atoms with Gasteiger partial charge in [-0.05, 0) is 61.9 Å². The average molecular weight is 537 g/mol. The second kappa shape index (κ2) is 12.2. The first-order chi connectivity index (χ1) is 18.9. The third-order valence-corrected chi connectivity index (χ3v) is 7.17. The second-order valence-corrected chi connectivity index (χ2v) is 9.64. The number of hydrogen-bond donors (Lipinski definition) is 3. The molecule has 0 aliphatic rings. The van der Waals surface area contributed by atoms with Crippen LogP contribution >= 0.6 is 11.8 Å². The van der Waals surface area contributed by atoms with Crippen LogP contribution in [0.1, 0.15) is 23.9 Å². The van der Waals surface area contributed by atoms with Crippen LogP contribution in [0.4, 0.5) is 11.4 Å². The number of nitriles is 1. The summed E-state index contributed by atoms with van der Waals surface area (Å²) < 4.78 is 0. The molecule has 0 bridgehead atoms. The monoisotopic (exact) mass is 536 g/mol. The molecule has 0 saturated heterocycles. The van der Waals surface area contributed by atoms with Gasteiger partial charge < -0.3 is 20.7 Å². The highest BCUT2D eigenvalue weighted by Crippen LogP contribution is 2.43. The summed E-state index contributed by atoms with van der Waals surface area (Å²) in [7, 11) is 1.61. The molecule has 0 radical (unpaired) electrons. The molecule has 39 heavy (non-hydrogen) atoms. The topological polar surface area (TPSA) is 131 Å². The molecule has 0 spiro atoms. The predicted octanol–water partition coefficient (Wildman–Crippen LogP) is 5.63. The lowest BCUT2D eigenvalue weighted by atomic mass is 10.1. The highest BCUT2D eigenvalue weighted by molar-refractivity contribution is 7.99. The molecule has 196 valence electrons. The summed E-state index contributed by atoms with van der Waals surface area (Å²) in [5, 5.41) is 21.0. The highest BCUT2D eigenvalue weighted by Gasteiger charge is 2.24. The molecule has 0 amide bonds. The minimum Gasteiger partial charge on any atom is -0.504 e. The number of allylic oxidation sites excluding steroid dienone is 1. The van der Waals surface area contributed by atoms with Crippen molar-refractivity contribution < 1.29 is 5.11 Å². The number of aromatic nitrogens is 2. The molecule has 2 heterocycles. The maximum Gasteiger partial charge on any atom is 0.266 e. The molecule has 9 heteroatoms. The second-order valence-electron chi connectivity index (χ2n) is 8.55. The zero-order chi connectivity index (χ0) is 27.9. The van der Waals surface area contributed by atoms with Crippen molar-refractivity contribution in [2.45, 2.75) is 23.6 Å². The third kappa shape index (κ3) is 5.87. The highest BCUT2D eigenvalue weighted by atomic mass is 32.2. The Morgan fingerprint density at radius 3 is 2.67 bits per heavy atom. The molecule has 0 fully saturated rings. The first-order valence-electron chi connectivity index (χ1n) is 12.2. The summed E-state index contributed by atoms with van der Waals surface area (Å²) in [6.07, 6.45) is 4.82. The fourth-order valence-electron chi connectivity index (χ4n) is 4.19. The molecule has 0 aliphatic carbocycles. The van der Waals surface area contributed by atoms with Crippen LogP contribution in [0, 0.1) is 18.3 Å². The summed E-state index contributed by atoms with van der Waals surface area (Å²) in [5.41, 5.74) is 10.8. The van der Waals surface area contributed by atoms with E-state index in [1.807, 2.05) is 61.2 Å². The van der Waals surface area contributed by atoms with Gasteiger partial charge in [0.25, 0.3) is 5.56 Å². The van der Waals surface area contributed by atoms with E-state index in [-0.39, 0.29) is 22.0 Å². The number of rotatable bonds is 8. The molecule has 2 aromatic heterocycles. The van der Waals surface area contributed by atoms with E-state index in [0.29, 0.717) is 23.5 Å². The van der Waals surface area contributed by atoms with Crippen molar-refractivity contribution in [1.82, 2.24) is 9.97 Å². The van der Waals surface area contributed by atoms with Gasteiger partial charge in [0.1, 0.15) is 10.6 Å². The van der Waals surface area contributed by atoms with Crippen molar-refractivity contribution in [3.63, 3.8) is 0 Å². The molecular formula is C30H28N6O2S. The number of nitrogens with two attached hydrogens (primary N) is 1. The molecule has 4 aromatic rings. The molecule has 8 nitrogen and oxygen atoms in total. The Hall–Kier alpha value is -4.81. The van der Waals surface area contributed by atoms with Crippen molar-refractivity contribution >= 4 is 35.0 Å². The quantitative estimate of drug-likeness (QED) is 0.249. The van der Waals surface area contributed by atoms with Crippen molar-refractivity contribution in [2.24, 2.45) is 10.7 Å². The fraction of sp³-hybridized carbons (Fsp3) is 0.133. The van der Waals surface area contributed by atoms with Gasteiger partial charge in [-0.2, -0.15) is 5.26 Å². The summed E-state index contributed by atoms with van der Waals surface area (Å²) in [6.45, 7) is 4.30. The van der Waals surface area contributed by atoms with E-state index in [2.05, 4.69) is 21.0 Å². The number of H-pyrrole nitrogens is 1. The minimum atomic E-state index is -0.477. The van der Waals surface area contributed by atoms with Gasteiger partial charge in [-0.15, -0.1) is 0 Å². The Kier molecular flexibility index (Phi) is 8.49. The van der Waals surface area contributed by atoms with Crippen LogP contribution in [0.3, 0.4) is 0 Å². The van der Waals surface area contributed by atoms with Gasteiger partial charge >= 0.3 is 0 Å². The lowest BCUT2D eigenvalue weighted by Gasteiger charge is -2.27. The van der Waals surface area contributed by atoms with E-state index < -0.39 is 5.56 Å². The van der Waals surface area contributed by atoms with Crippen LogP contribution in [-0.4, -0.2) is 34.9 Å². The Morgan fingerprint density at radius 2 is 2.00 bits per heavy atom. The van der Waals surface area contributed by atoms with Gasteiger partial charge in [0.05, 0.1) is 23.0 Å². The largest absolute Gasteiger partial charge is 0.504 e. The number of aromatic hydroxyl groups is 1. The van der Waals surface area contributed by atoms with Crippen LogP contribution < -0.4 is 16.2 Å². The SMILES string of the molecule is CCN(c1cccc(C#N)c1)c1c(C(N)=CC=NC)[nH]c(=O)c(Sc2ccc(-c3cccnc3C)cc2)c1O. The fourth-order valence-corrected chi connectivity index (χ4v) is 5.04. The standard InChI is InChI=1S/C30H28N6O2S/c1-4-36(22-8-5-7-20(17-22)18-31)27-26(25(32)14-16-33-3)35-30(38)29(28(27)37)39-23-12-10-21(11-13-23)24-9-6-15-34-19(24)2/h5-17H,4,32H2,1-3H3,(H2,35,37,38). The zero-order valence-electron chi connectivity index (χ0n) is 21.8. The number of aryl methyl sites for hydroxylation is 1. The van der Waals surface area contributed by atoms with Gasteiger partial charge in [0, 0.05) is 47.8 Å². The number of hydrogen-bond acceptors (Lipinski definition) is 8. The van der Waals surface area contributed by atoms with Crippen LogP contribution in [0.2, 0.25) is 0 Å². The number of nitrogens with one attached hydrogen (secondary N) is 1. The molecule has 4 N–H and O–H groups in total. The van der Waals surface area contributed by atoms with Gasteiger partial charge in [0.2, 0.25) is 0 Å². The van der Waals surface area contributed by atoms with Crippen molar-refractivity contribution in [1.29, 1.82) is 5.26 Å². The number of aromatic amines is 1. The number of aliphatic imine (C=N–C) groups is 1. The lowest BCUT2D eigenvalue weighted by Crippen LogP contribution is -2.23. The Labute approximate surface area is 231 Å². The predicted molar refractivity (Wildman–Crippen MR) is 158 cm³/mol. The number of nitrogens with zero attached hydrogens (tertiary/aromatic N) is 4. The number of pyridine rings is 2. The molecule has 2 aromatic carbocycles. The van der Waals surface area contributed by atoms with Crippen molar-refractivity contribution in [3.8, 4) is 22.9 Å². The van der Waals surface area contributed by atoms with Crippen LogP contribution in [0.15, 0.2) is 92.5 Å². The zero-order valence-corrected chi connectivity index (χ0v) is 22.7. The van der Waals surface area contributed by atoms with E-state index in [4.69, 9.17) is 5.73 Å². The van der Waals surface area contributed by atoms with Gasteiger partial charge in [0.15, 0.2) is 5.75 Å². The lowest BCUT2D eigenvalue weighted by molar-refractivity contribution is 0.459. The van der Waals surface area contributed by atoms with E-state index in [1.54, 1.807) is 37.5 Å². The minimum absolute atomic E-state index is 0.130. The summed E-state index contributed by atoms with van der Waals surface area (Å²) in [5.74, 6) is -0.208. The first kappa shape index (κ1) is 27.2. The maximum atomic E-state index is 13.3. The normalized spacial score (nSPS) is 11.5. The summed E-state index contributed by atoms with van der Waals surface area (Å²) >= 11 is 1.16. The molecule has 0 aliphatic heterocycles.